The fourth-order valence-corrected chi connectivity index (χ4v) is 13.5. The number of carboxylic acids is 2. The van der Waals surface area contributed by atoms with Gasteiger partial charge in [-0.1, -0.05) is 58.6 Å². The number of ether oxygens (including phenoxy) is 1. The molecule has 0 heterocycles. The molecule has 0 aromatic rings. The van der Waals surface area contributed by atoms with Crippen molar-refractivity contribution in [3.05, 3.63) is 23.3 Å². The second kappa shape index (κ2) is 12.0. The Balaban J connectivity index is 1.28. The summed E-state index contributed by atoms with van der Waals surface area (Å²) in [6, 6.07) is 0. The Morgan fingerprint density at radius 2 is 1.59 bits per heavy atom. The summed E-state index contributed by atoms with van der Waals surface area (Å²) in [5.74, 6) is 7.67. The summed E-state index contributed by atoms with van der Waals surface area (Å²) in [6.07, 6.45) is 13.0. The SMILES string of the molecule is C=C(C)[C@@H]1CC[C@]2(C#CC3=C(C(=O)O)CCC3)CC[C@]3(C)C(CCC4[C@@]5(C)CC[C@H](OC(=O)CC(C)(C)C(=O)O)C(C)(C)C5CC[C@]43C)C12. The molecule has 0 amide bonds. The molecule has 6 heteroatoms. The first-order chi connectivity index (χ1) is 22.7. The Kier molecular flexibility index (Phi) is 8.89. The monoisotopic (exact) mass is 674 g/mol. The van der Waals surface area contributed by atoms with Crippen LogP contribution in [0.15, 0.2) is 23.3 Å². The highest BCUT2D eigenvalue weighted by Crippen LogP contribution is 2.77. The zero-order valence-electron chi connectivity index (χ0n) is 31.6. The van der Waals surface area contributed by atoms with Crippen molar-refractivity contribution in [2.75, 3.05) is 0 Å². The molecular formula is C43H62O6. The number of carbonyl (C=O) groups excluding carboxylic acids is 1. The van der Waals surface area contributed by atoms with Crippen molar-refractivity contribution in [2.45, 2.75) is 151 Å². The lowest BCUT2D eigenvalue weighted by Crippen LogP contribution is -2.66. The third-order valence-electron chi connectivity index (χ3n) is 16.4. The lowest BCUT2D eigenvalue weighted by Gasteiger charge is -2.72. The van der Waals surface area contributed by atoms with Crippen LogP contribution in [0.25, 0.3) is 0 Å². The van der Waals surface area contributed by atoms with Crippen molar-refractivity contribution in [1.82, 2.24) is 0 Å². The van der Waals surface area contributed by atoms with E-state index in [1.54, 1.807) is 13.8 Å². The van der Waals surface area contributed by atoms with E-state index in [1.165, 1.54) is 24.8 Å². The van der Waals surface area contributed by atoms with E-state index in [0.29, 0.717) is 41.6 Å². The second-order valence-corrected chi connectivity index (χ2v) is 19.4. The molecule has 5 fully saturated rings. The molecular weight excluding hydrogens is 612 g/mol. The highest BCUT2D eigenvalue weighted by molar-refractivity contribution is 5.89. The van der Waals surface area contributed by atoms with E-state index >= 15 is 0 Å². The standard InChI is InChI=1S/C43H62O6/c1-26(2)28-16-22-43(21-15-27-11-10-12-29(27)36(45)46)24-23-41(8)30(35(28)43)13-14-32-40(7)19-18-33(49-34(44)25-38(3,4)37(47)48)39(5,6)31(40)17-20-42(32,41)9/h28,30-33,35H,1,10-14,16-20,22-25H2,2-9H3,(H,45,46)(H,47,48)/t28-,30?,31?,32?,33-,35?,40-,41+,42+,43+/m0/s1. The van der Waals surface area contributed by atoms with E-state index < -0.39 is 23.3 Å². The highest BCUT2D eigenvalue weighted by Gasteiger charge is 2.71. The number of rotatable bonds is 6. The smallest absolute Gasteiger partial charge is 0.332 e. The van der Waals surface area contributed by atoms with Gasteiger partial charge in [-0.3, -0.25) is 9.59 Å². The van der Waals surface area contributed by atoms with Gasteiger partial charge in [0.15, 0.2) is 0 Å². The lowest BCUT2D eigenvalue weighted by atomic mass is 9.32. The zero-order valence-corrected chi connectivity index (χ0v) is 31.6. The van der Waals surface area contributed by atoms with Gasteiger partial charge in [0.05, 0.1) is 11.8 Å². The van der Waals surface area contributed by atoms with Gasteiger partial charge in [-0.25, -0.2) is 4.79 Å². The molecule has 2 N–H and O–H groups in total. The van der Waals surface area contributed by atoms with Gasteiger partial charge in [0, 0.05) is 22.0 Å². The van der Waals surface area contributed by atoms with Gasteiger partial charge < -0.3 is 14.9 Å². The molecule has 49 heavy (non-hydrogen) atoms. The molecule has 6 aliphatic rings. The Hall–Kier alpha value is -2.55. The maximum atomic E-state index is 13.1. The molecule has 0 spiro atoms. The Labute approximate surface area is 295 Å². The first-order valence-corrected chi connectivity index (χ1v) is 19.3. The normalized spacial score (nSPS) is 42.4. The molecule has 4 unspecified atom stereocenters. The molecule has 0 aromatic heterocycles. The molecule has 6 rings (SSSR count). The third-order valence-corrected chi connectivity index (χ3v) is 16.4. The first kappa shape index (κ1) is 36.2. The molecule has 0 radical (unpaired) electrons. The van der Waals surface area contributed by atoms with Crippen LogP contribution < -0.4 is 0 Å². The Morgan fingerprint density at radius 3 is 2.24 bits per heavy atom. The average Bonchev–Trinajstić information content (AvgIpc) is 3.63. The summed E-state index contributed by atoms with van der Waals surface area (Å²) >= 11 is 0. The number of hydrogen-bond donors (Lipinski definition) is 2. The number of hydrogen-bond acceptors (Lipinski definition) is 4. The van der Waals surface area contributed by atoms with Gasteiger partial charge in [-0.2, -0.15) is 0 Å². The van der Waals surface area contributed by atoms with Crippen molar-refractivity contribution < 1.29 is 29.3 Å². The van der Waals surface area contributed by atoms with Crippen molar-refractivity contribution in [2.24, 2.45) is 62.1 Å². The summed E-state index contributed by atoms with van der Waals surface area (Å²) in [7, 11) is 0. The van der Waals surface area contributed by atoms with Gasteiger partial charge in [0.2, 0.25) is 0 Å². The van der Waals surface area contributed by atoms with E-state index in [-0.39, 0.29) is 39.6 Å². The quantitative estimate of drug-likeness (QED) is 0.165. The summed E-state index contributed by atoms with van der Waals surface area (Å²) in [4.78, 5) is 36.7. The Morgan fingerprint density at radius 1 is 0.878 bits per heavy atom. The van der Waals surface area contributed by atoms with Crippen molar-refractivity contribution in [3.63, 3.8) is 0 Å². The largest absolute Gasteiger partial charge is 0.481 e. The van der Waals surface area contributed by atoms with Crippen LogP contribution in [-0.4, -0.2) is 34.2 Å². The number of fused-ring (bicyclic) bond motifs is 7. The number of carbonyl (C=O) groups is 3. The minimum atomic E-state index is -1.15. The number of aliphatic carboxylic acids is 2. The maximum absolute atomic E-state index is 13.1. The minimum Gasteiger partial charge on any atom is -0.481 e. The summed E-state index contributed by atoms with van der Waals surface area (Å²) in [6.45, 7) is 22.3. The lowest BCUT2D eigenvalue weighted by molar-refractivity contribution is -0.247. The molecule has 270 valence electrons. The molecule has 0 aliphatic heterocycles. The fourth-order valence-electron chi connectivity index (χ4n) is 13.5. The van der Waals surface area contributed by atoms with Crippen LogP contribution in [0, 0.1) is 73.9 Å². The van der Waals surface area contributed by atoms with Gasteiger partial charge in [0.1, 0.15) is 6.10 Å². The topological polar surface area (TPSA) is 101 Å². The number of allylic oxidation sites excluding steroid dienone is 2. The van der Waals surface area contributed by atoms with Gasteiger partial charge >= 0.3 is 17.9 Å². The summed E-state index contributed by atoms with van der Waals surface area (Å²) in [5.41, 5.74) is 1.75. The van der Waals surface area contributed by atoms with Crippen LogP contribution in [0.2, 0.25) is 0 Å². The van der Waals surface area contributed by atoms with Crippen LogP contribution in [0.5, 0.6) is 0 Å². The predicted molar refractivity (Wildman–Crippen MR) is 191 cm³/mol. The van der Waals surface area contributed by atoms with E-state index in [0.717, 1.165) is 63.4 Å². The van der Waals surface area contributed by atoms with E-state index in [1.807, 2.05) is 0 Å². The van der Waals surface area contributed by atoms with Crippen molar-refractivity contribution >= 4 is 17.9 Å². The highest BCUT2D eigenvalue weighted by atomic mass is 16.5. The van der Waals surface area contributed by atoms with Gasteiger partial charge in [-0.05, 0) is 150 Å². The van der Waals surface area contributed by atoms with Crippen LogP contribution in [0.4, 0.5) is 0 Å². The predicted octanol–water partition coefficient (Wildman–Crippen LogP) is 9.63. The zero-order chi connectivity index (χ0) is 35.9. The fraction of sp³-hybridized carbons (Fsp3) is 0.791. The number of esters is 1. The molecule has 0 bridgehead atoms. The molecule has 6 aliphatic carbocycles. The van der Waals surface area contributed by atoms with Gasteiger partial charge in [-0.15, -0.1) is 0 Å². The molecule has 6 nitrogen and oxygen atoms in total. The van der Waals surface area contributed by atoms with Crippen LogP contribution in [0.1, 0.15) is 145 Å². The minimum absolute atomic E-state index is 0.0730. The Bertz CT molecular complexity index is 1520. The molecule has 5 saturated carbocycles. The van der Waals surface area contributed by atoms with Crippen LogP contribution in [-0.2, 0) is 19.1 Å². The van der Waals surface area contributed by atoms with Crippen LogP contribution >= 0.6 is 0 Å². The average molecular weight is 675 g/mol. The summed E-state index contributed by atoms with van der Waals surface area (Å²) in [5, 5.41) is 19.4. The second-order valence-electron chi connectivity index (χ2n) is 19.4. The van der Waals surface area contributed by atoms with Crippen molar-refractivity contribution in [1.29, 1.82) is 0 Å². The maximum Gasteiger partial charge on any atom is 0.332 e. The van der Waals surface area contributed by atoms with Gasteiger partial charge in [0.25, 0.3) is 0 Å². The first-order valence-electron chi connectivity index (χ1n) is 19.3. The van der Waals surface area contributed by atoms with E-state index in [2.05, 4.69) is 60.0 Å². The molecule has 10 atom stereocenters. The van der Waals surface area contributed by atoms with E-state index in [4.69, 9.17) is 4.74 Å². The third kappa shape index (κ3) is 5.45. The van der Waals surface area contributed by atoms with E-state index in [9.17, 15) is 24.6 Å². The molecule has 0 saturated heterocycles. The molecule has 0 aromatic carbocycles. The van der Waals surface area contributed by atoms with Crippen molar-refractivity contribution in [3.8, 4) is 11.8 Å². The summed E-state index contributed by atoms with van der Waals surface area (Å²) < 4.78 is 6.17. The van der Waals surface area contributed by atoms with Crippen LogP contribution in [0.3, 0.4) is 0 Å². The number of carboxylic acid groups (broad SMARTS) is 2.